The molecule has 4 aromatic carbocycles. The van der Waals surface area contributed by atoms with Gasteiger partial charge in [-0.2, -0.15) is 0 Å². The fraction of sp³-hybridized carbons (Fsp3) is 0.100. The number of hydrogen-bond donors (Lipinski definition) is 2. The summed E-state index contributed by atoms with van der Waals surface area (Å²) in [7, 11) is 0. The van der Waals surface area contributed by atoms with Gasteiger partial charge in [0.2, 0.25) is 0 Å². The lowest BCUT2D eigenvalue weighted by Gasteiger charge is -2.20. The number of benzene rings is 4. The summed E-state index contributed by atoms with van der Waals surface area (Å²) in [6, 6.07) is 30.6. The third-order valence-corrected chi connectivity index (χ3v) is 6.89. The predicted octanol–water partition coefficient (Wildman–Crippen LogP) is 7.40. The van der Waals surface area contributed by atoms with Crippen molar-refractivity contribution < 1.29 is 14.6 Å². The first-order valence-corrected chi connectivity index (χ1v) is 12.2. The molecule has 0 saturated heterocycles. The van der Waals surface area contributed by atoms with Crippen LogP contribution in [0.1, 0.15) is 29.0 Å². The molecule has 0 aliphatic heterocycles. The predicted molar refractivity (Wildman–Crippen MR) is 142 cm³/mol. The van der Waals surface area contributed by atoms with Gasteiger partial charge in [-0.05, 0) is 59.9 Å². The largest absolute Gasteiger partial charge is 0.508 e. The normalized spacial score (nSPS) is 12.0. The molecule has 2 N–H and O–H groups in total. The third kappa shape index (κ3) is 4.73. The zero-order chi connectivity index (χ0) is 24.4. The van der Waals surface area contributed by atoms with Crippen molar-refractivity contribution in [1.29, 1.82) is 0 Å². The molecule has 0 aliphatic carbocycles. The number of phenols is 1. The van der Waals surface area contributed by atoms with Gasteiger partial charge < -0.3 is 14.6 Å². The summed E-state index contributed by atoms with van der Waals surface area (Å²) in [6.45, 7) is 0. The highest BCUT2D eigenvalue weighted by Gasteiger charge is 2.21. The molecule has 5 heteroatoms. The van der Waals surface area contributed by atoms with Crippen LogP contribution in [0.15, 0.2) is 111 Å². The number of aromatic hydroxyl groups is 2. The molecule has 174 valence electrons. The SMILES string of the molecule is O=c1oc2ccccc2c(O)c1CCC(c1ccc(-c2ccc(Br)cc2)cc1)c1ccccc1O. The number of rotatable bonds is 6. The topological polar surface area (TPSA) is 70.7 Å². The smallest absolute Gasteiger partial charge is 0.343 e. The van der Waals surface area contributed by atoms with Gasteiger partial charge in [0.25, 0.3) is 0 Å². The fourth-order valence-electron chi connectivity index (χ4n) is 4.52. The standard InChI is InChI=1S/C30H23BrO4/c31-22-15-13-20(14-16-22)19-9-11-21(12-10-19)23(24-5-1-3-7-27(24)32)17-18-26-29(33)25-6-2-4-8-28(25)35-30(26)34/h1-16,23,32-33H,17-18H2. The van der Waals surface area contributed by atoms with Crippen LogP contribution in [0.5, 0.6) is 11.5 Å². The second-order valence-corrected chi connectivity index (χ2v) is 9.41. The van der Waals surface area contributed by atoms with Crippen LogP contribution in [0, 0.1) is 0 Å². The maximum absolute atomic E-state index is 12.7. The minimum Gasteiger partial charge on any atom is -0.508 e. The summed E-state index contributed by atoms with van der Waals surface area (Å²) in [6.07, 6.45) is 0.804. The van der Waals surface area contributed by atoms with Crippen LogP contribution in [0.2, 0.25) is 0 Å². The van der Waals surface area contributed by atoms with E-state index in [1.165, 1.54) is 0 Å². The van der Waals surface area contributed by atoms with Crippen LogP contribution in [-0.4, -0.2) is 10.2 Å². The van der Waals surface area contributed by atoms with Crippen LogP contribution in [0.25, 0.3) is 22.1 Å². The van der Waals surface area contributed by atoms with E-state index in [1.54, 1.807) is 36.4 Å². The van der Waals surface area contributed by atoms with Crippen LogP contribution in [0.3, 0.4) is 0 Å². The summed E-state index contributed by atoms with van der Waals surface area (Å²) in [5.74, 6) is -0.0249. The molecule has 1 aromatic heterocycles. The Balaban J connectivity index is 1.49. The first kappa shape index (κ1) is 22.9. The maximum atomic E-state index is 12.7. The molecular weight excluding hydrogens is 504 g/mol. The molecule has 1 heterocycles. The molecule has 5 rings (SSSR count). The van der Waals surface area contributed by atoms with E-state index in [2.05, 4.69) is 52.3 Å². The Kier molecular flexibility index (Phi) is 6.43. The Morgan fingerprint density at radius 2 is 1.40 bits per heavy atom. The molecule has 0 aliphatic rings. The lowest BCUT2D eigenvalue weighted by Crippen LogP contribution is -2.11. The van der Waals surface area contributed by atoms with E-state index in [-0.39, 0.29) is 23.0 Å². The van der Waals surface area contributed by atoms with E-state index in [0.717, 1.165) is 26.7 Å². The zero-order valence-corrected chi connectivity index (χ0v) is 20.4. The molecule has 0 radical (unpaired) electrons. The third-order valence-electron chi connectivity index (χ3n) is 6.36. The minimum atomic E-state index is -0.539. The van der Waals surface area contributed by atoms with Crippen molar-refractivity contribution in [3.63, 3.8) is 0 Å². The molecule has 0 fully saturated rings. The average molecular weight is 527 g/mol. The van der Waals surface area contributed by atoms with Gasteiger partial charge in [-0.15, -0.1) is 0 Å². The summed E-state index contributed by atoms with van der Waals surface area (Å²) >= 11 is 3.47. The van der Waals surface area contributed by atoms with Crippen LogP contribution in [0.4, 0.5) is 0 Å². The van der Waals surface area contributed by atoms with Crippen molar-refractivity contribution in [2.75, 3.05) is 0 Å². The summed E-state index contributed by atoms with van der Waals surface area (Å²) < 4.78 is 6.47. The summed E-state index contributed by atoms with van der Waals surface area (Å²) in [4.78, 5) is 12.7. The quantitative estimate of drug-likeness (QED) is 0.226. The van der Waals surface area contributed by atoms with Crippen molar-refractivity contribution in [2.24, 2.45) is 0 Å². The highest BCUT2D eigenvalue weighted by molar-refractivity contribution is 9.10. The molecule has 35 heavy (non-hydrogen) atoms. The van der Waals surface area contributed by atoms with Crippen molar-refractivity contribution >= 4 is 26.9 Å². The van der Waals surface area contributed by atoms with Crippen LogP contribution < -0.4 is 5.63 Å². The maximum Gasteiger partial charge on any atom is 0.343 e. The monoisotopic (exact) mass is 526 g/mol. The van der Waals surface area contributed by atoms with Gasteiger partial charge in [-0.1, -0.05) is 82.7 Å². The lowest BCUT2D eigenvalue weighted by molar-refractivity contribution is 0.451. The second-order valence-electron chi connectivity index (χ2n) is 8.49. The molecule has 1 atom stereocenters. The Hall–Kier alpha value is -3.83. The lowest BCUT2D eigenvalue weighted by atomic mass is 9.85. The fourth-order valence-corrected chi connectivity index (χ4v) is 4.78. The van der Waals surface area contributed by atoms with Crippen LogP contribution >= 0.6 is 15.9 Å². The second kappa shape index (κ2) is 9.80. The average Bonchev–Trinajstić information content (AvgIpc) is 2.87. The van der Waals surface area contributed by atoms with Crippen molar-refractivity contribution in [2.45, 2.75) is 18.8 Å². The van der Waals surface area contributed by atoms with Gasteiger partial charge in [-0.25, -0.2) is 4.79 Å². The number of phenolic OH excluding ortho intramolecular Hbond substituents is 1. The Labute approximate surface area is 211 Å². The van der Waals surface area contributed by atoms with Gasteiger partial charge in [0.15, 0.2) is 0 Å². The first-order chi connectivity index (χ1) is 17.0. The molecular formula is C30H23BrO4. The van der Waals surface area contributed by atoms with Gasteiger partial charge >= 0.3 is 5.63 Å². The number of para-hydroxylation sites is 2. The Morgan fingerprint density at radius 1 is 0.771 bits per heavy atom. The van der Waals surface area contributed by atoms with Gasteiger partial charge in [0, 0.05) is 16.0 Å². The van der Waals surface area contributed by atoms with E-state index in [0.29, 0.717) is 23.8 Å². The van der Waals surface area contributed by atoms with E-state index in [9.17, 15) is 15.0 Å². The number of halogens is 1. The van der Waals surface area contributed by atoms with Crippen LogP contribution in [-0.2, 0) is 6.42 Å². The minimum absolute atomic E-state index is 0.0431. The Morgan fingerprint density at radius 3 is 2.11 bits per heavy atom. The molecule has 0 bridgehead atoms. The number of fused-ring (bicyclic) bond motifs is 1. The van der Waals surface area contributed by atoms with Crippen molar-refractivity contribution in [1.82, 2.24) is 0 Å². The highest BCUT2D eigenvalue weighted by atomic mass is 79.9. The van der Waals surface area contributed by atoms with Gasteiger partial charge in [0.05, 0.1) is 10.9 Å². The van der Waals surface area contributed by atoms with Gasteiger partial charge in [0.1, 0.15) is 17.1 Å². The molecule has 4 nitrogen and oxygen atoms in total. The molecule has 5 aromatic rings. The van der Waals surface area contributed by atoms with Crippen molar-refractivity contribution in [3.05, 3.63) is 129 Å². The van der Waals surface area contributed by atoms with Gasteiger partial charge in [-0.3, -0.25) is 0 Å². The van der Waals surface area contributed by atoms with E-state index in [1.807, 2.05) is 24.3 Å². The molecule has 1 unspecified atom stereocenters. The van der Waals surface area contributed by atoms with E-state index < -0.39 is 5.63 Å². The summed E-state index contributed by atoms with van der Waals surface area (Å²) in [5, 5.41) is 21.9. The molecule has 0 amide bonds. The highest BCUT2D eigenvalue weighted by Crippen LogP contribution is 2.37. The number of hydrogen-bond acceptors (Lipinski definition) is 4. The summed E-state index contributed by atoms with van der Waals surface area (Å²) in [5.41, 5.74) is 4.05. The molecule has 0 spiro atoms. The first-order valence-electron chi connectivity index (χ1n) is 11.4. The Bertz CT molecular complexity index is 1540. The zero-order valence-electron chi connectivity index (χ0n) is 18.8. The molecule has 0 saturated carbocycles. The van der Waals surface area contributed by atoms with E-state index >= 15 is 0 Å². The van der Waals surface area contributed by atoms with E-state index in [4.69, 9.17) is 4.42 Å². The van der Waals surface area contributed by atoms with Crippen molar-refractivity contribution in [3.8, 4) is 22.6 Å².